The summed E-state index contributed by atoms with van der Waals surface area (Å²) in [5, 5.41) is 20.8. The summed E-state index contributed by atoms with van der Waals surface area (Å²) in [7, 11) is 0. The van der Waals surface area contributed by atoms with Crippen molar-refractivity contribution >= 4 is 45.1 Å². The lowest BCUT2D eigenvalue weighted by Crippen LogP contribution is -2.43. The lowest BCUT2D eigenvalue weighted by atomic mass is 9.96. The first-order valence-electron chi connectivity index (χ1n) is 9.68. The topological polar surface area (TPSA) is 74.6 Å². The SMILES string of the molecule is CCCCCCC(Sc1ccc2c3c(sc2c1)CCCC3)(C(=O)O)C(=O)O. The molecule has 1 aliphatic rings. The fourth-order valence-electron chi connectivity index (χ4n) is 3.75. The Bertz CT molecular complexity index is 826. The quantitative estimate of drug-likeness (QED) is 0.315. The molecular formula is C21H26O4S2. The number of aryl methyl sites for hydroxylation is 2. The number of aliphatic carboxylic acids is 2. The van der Waals surface area contributed by atoms with E-state index in [0.717, 1.165) is 53.5 Å². The molecule has 0 fully saturated rings. The van der Waals surface area contributed by atoms with E-state index < -0.39 is 16.7 Å². The van der Waals surface area contributed by atoms with Gasteiger partial charge in [-0.15, -0.1) is 11.3 Å². The number of thiophene rings is 1. The molecule has 0 atom stereocenters. The maximum absolute atomic E-state index is 12.0. The summed E-state index contributed by atoms with van der Waals surface area (Å²) in [6, 6.07) is 5.92. The minimum absolute atomic E-state index is 0.140. The summed E-state index contributed by atoms with van der Waals surface area (Å²) in [5.74, 6) is -2.52. The number of unbranched alkanes of at least 4 members (excludes halogenated alkanes) is 3. The molecule has 6 heteroatoms. The van der Waals surface area contributed by atoms with E-state index in [0.29, 0.717) is 6.42 Å². The van der Waals surface area contributed by atoms with Crippen LogP contribution >= 0.6 is 23.1 Å². The molecule has 1 heterocycles. The second-order valence-electron chi connectivity index (χ2n) is 7.22. The summed E-state index contributed by atoms with van der Waals surface area (Å²) in [6.07, 6.45) is 8.28. The van der Waals surface area contributed by atoms with Crippen LogP contribution in [0.3, 0.4) is 0 Å². The van der Waals surface area contributed by atoms with Crippen molar-refractivity contribution in [2.24, 2.45) is 0 Å². The zero-order valence-electron chi connectivity index (χ0n) is 15.6. The molecule has 2 aromatic rings. The molecule has 0 bridgehead atoms. The molecule has 3 rings (SSSR count). The highest BCUT2D eigenvalue weighted by atomic mass is 32.2. The second-order valence-corrected chi connectivity index (χ2v) is 9.73. The van der Waals surface area contributed by atoms with Gasteiger partial charge in [0.25, 0.3) is 0 Å². The van der Waals surface area contributed by atoms with E-state index in [-0.39, 0.29) is 6.42 Å². The number of thioether (sulfide) groups is 1. The number of carboxylic acids is 2. The van der Waals surface area contributed by atoms with E-state index in [2.05, 4.69) is 6.92 Å². The fraction of sp³-hybridized carbons (Fsp3) is 0.524. The van der Waals surface area contributed by atoms with Crippen molar-refractivity contribution in [3.63, 3.8) is 0 Å². The van der Waals surface area contributed by atoms with Gasteiger partial charge in [-0.25, -0.2) is 0 Å². The third-order valence-corrected chi connectivity index (χ3v) is 7.94. The van der Waals surface area contributed by atoms with Crippen LogP contribution in [-0.4, -0.2) is 26.9 Å². The standard InChI is InChI=1S/C21H26O4S2/c1-2-3-4-7-12-21(19(22)23,20(24)25)27-14-10-11-16-15-8-5-6-9-17(15)26-18(16)13-14/h10-11,13H,2-9,12H2,1H3,(H,22,23)(H,24,25). The van der Waals surface area contributed by atoms with Crippen LogP contribution < -0.4 is 0 Å². The van der Waals surface area contributed by atoms with E-state index in [4.69, 9.17) is 0 Å². The fourth-order valence-corrected chi connectivity index (χ4v) is 6.30. The van der Waals surface area contributed by atoms with Gasteiger partial charge in [0.15, 0.2) is 0 Å². The third-order valence-electron chi connectivity index (χ3n) is 5.29. The Morgan fingerprint density at radius 1 is 1.11 bits per heavy atom. The predicted molar refractivity (Wildman–Crippen MR) is 111 cm³/mol. The molecule has 27 heavy (non-hydrogen) atoms. The monoisotopic (exact) mass is 406 g/mol. The second kappa shape index (κ2) is 8.65. The zero-order valence-corrected chi connectivity index (χ0v) is 17.3. The van der Waals surface area contributed by atoms with Crippen LogP contribution in [0, 0.1) is 0 Å². The normalized spacial score (nSPS) is 14.3. The number of hydrogen-bond acceptors (Lipinski definition) is 4. The van der Waals surface area contributed by atoms with Crippen molar-refractivity contribution in [2.45, 2.75) is 74.4 Å². The van der Waals surface area contributed by atoms with Gasteiger partial charge < -0.3 is 10.2 Å². The Balaban J connectivity index is 1.88. The summed E-state index contributed by atoms with van der Waals surface area (Å²) in [4.78, 5) is 26.1. The molecule has 0 aliphatic heterocycles. The van der Waals surface area contributed by atoms with Gasteiger partial charge in [-0.3, -0.25) is 9.59 Å². The Labute approximate surface area is 168 Å². The zero-order chi connectivity index (χ0) is 19.4. The van der Waals surface area contributed by atoms with Gasteiger partial charge in [-0.05, 0) is 55.2 Å². The van der Waals surface area contributed by atoms with Gasteiger partial charge in [-0.2, -0.15) is 0 Å². The number of carboxylic acid groups (broad SMARTS) is 2. The highest BCUT2D eigenvalue weighted by molar-refractivity contribution is 8.02. The average Bonchev–Trinajstić information content (AvgIpc) is 3.01. The smallest absolute Gasteiger partial charge is 0.331 e. The van der Waals surface area contributed by atoms with E-state index in [1.54, 1.807) is 11.3 Å². The van der Waals surface area contributed by atoms with E-state index >= 15 is 0 Å². The lowest BCUT2D eigenvalue weighted by molar-refractivity contribution is -0.152. The van der Waals surface area contributed by atoms with Crippen LogP contribution in [0.25, 0.3) is 10.1 Å². The van der Waals surface area contributed by atoms with Gasteiger partial charge in [0.2, 0.25) is 4.75 Å². The average molecular weight is 407 g/mol. The maximum atomic E-state index is 12.0. The van der Waals surface area contributed by atoms with E-state index in [1.807, 2.05) is 18.2 Å². The Kier molecular flexibility index (Phi) is 6.48. The summed E-state index contributed by atoms with van der Waals surface area (Å²) < 4.78 is -0.680. The van der Waals surface area contributed by atoms with Crippen molar-refractivity contribution in [1.82, 2.24) is 0 Å². The molecule has 146 valence electrons. The highest BCUT2D eigenvalue weighted by Crippen LogP contribution is 2.42. The minimum atomic E-state index is -1.82. The van der Waals surface area contributed by atoms with Crippen LogP contribution in [0.1, 0.15) is 62.3 Å². The molecule has 0 radical (unpaired) electrons. The van der Waals surface area contributed by atoms with Crippen LogP contribution in [0.4, 0.5) is 0 Å². The molecule has 0 spiro atoms. The lowest BCUT2D eigenvalue weighted by Gasteiger charge is -2.24. The molecule has 0 saturated heterocycles. The number of benzene rings is 1. The van der Waals surface area contributed by atoms with Gasteiger partial charge in [0.05, 0.1) is 0 Å². The largest absolute Gasteiger partial charge is 0.480 e. The Morgan fingerprint density at radius 2 is 1.85 bits per heavy atom. The molecular weight excluding hydrogens is 380 g/mol. The van der Waals surface area contributed by atoms with Gasteiger partial charge in [0.1, 0.15) is 0 Å². The van der Waals surface area contributed by atoms with Crippen molar-refractivity contribution in [2.75, 3.05) is 0 Å². The van der Waals surface area contributed by atoms with Crippen LogP contribution in [0.15, 0.2) is 23.1 Å². The molecule has 1 aromatic heterocycles. The third kappa shape index (κ3) is 4.16. The van der Waals surface area contributed by atoms with Crippen molar-refractivity contribution in [3.8, 4) is 0 Å². The maximum Gasteiger partial charge on any atom is 0.331 e. The van der Waals surface area contributed by atoms with E-state index in [9.17, 15) is 19.8 Å². The Morgan fingerprint density at radius 3 is 2.56 bits per heavy atom. The molecule has 0 saturated carbocycles. The van der Waals surface area contributed by atoms with Crippen molar-refractivity contribution < 1.29 is 19.8 Å². The van der Waals surface area contributed by atoms with Crippen LogP contribution in [-0.2, 0) is 22.4 Å². The first kappa shape index (κ1) is 20.2. The van der Waals surface area contributed by atoms with Gasteiger partial charge in [0, 0.05) is 14.5 Å². The molecule has 4 nitrogen and oxygen atoms in total. The molecule has 0 amide bonds. The minimum Gasteiger partial charge on any atom is -0.480 e. The first-order chi connectivity index (χ1) is 13.0. The first-order valence-corrected chi connectivity index (χ1v) is 11.3. The number of hydrogen-bond donors (Lipinski definition) is 2. The summed E-state index contributed by atoms with van der Waals surface area (Å²) in [5.41, 5.74) is 1.43. The van der Waals surface area contributed by atoms with E-state index in [1.165, 1.54) is 28.7 Å². The van der Waals surface area contributed by atoms with Crippen LogP contribution in [0.2, 0.25) is 0 Å². The predicted octanol–water partition coefficient (Wildman–Crippen LogP) is 5.75. The van der Waals surface area contributed by atoms with Crippen molar-refractivity contribution in [1.29, 1.82) is 0 Å². The number of rotatable bonds is 9. The van der Waals surface area contributed by atoms with Crippen molar-refractivity contribution in [3.05, 3.63) is 28.6 Å². The van der Waals surface area contributed by atoms with Gasteiger partial charge in [-0.1, -0.05) is 50.4 Å². The van der Waals surface area contributed by atoms with Gasteiger partial charge >= 0.3 is 11.9 Å². The summed E-state index contributed by atoms with van der Waals surface area (Å²) in [6.45, 7) is 2.08. The number of fused-ring (bicyclic) bond motifs is 3. The molecule has 0 unspecified atom stereocenters. The molecule has 1 aromatic carbocycles. The molecule has 1 aliphatic carbocycles. The number of carbonyl (C=O) groups is 2. The molecule has 2 N–H and O–H groups in total. The van der Waals surface area contributed by atoms with Crippen LogP contribution in [0.5, 0.6) is 0 Å². The summed E-state index contributed by atoms with van der Waals surface area (Å²) >= 11 is 2.75. The Hall–Kier alpha value is -1.53. The highest BCUT2D eigenvalue weighted by Gasteiger charge is 2.47.